The number of carboxylic acid groups (broad SMARTS) is 1. The lowest BCUT2D eigenvalue weighted by Gasteiger charge is -2.28. The van der Waals surface area contributed by atoms with Crippen LogP contribution in [0.15, 0.2) is 23.2 Å². The minimum atomic E-state index is -1.25. The minimum Gasteiger partial charge on any atom is -0.480 e. The zero-order chi connectivity index (χ0) is 27.7. The Balaban J connectivity index is 2.01. The van der Waals surface area contributed by atoms with Crippen LogP contribution < -0.4 is 27.8 Å². The Morgan fingerprint density at radius 1 is 1.22 bits per heavy atom. The van der Waals surface area contributed by atoms with Gasteiger partial charge in [0.1, 0.15) is 23.8 Å². The molecule has 17 nitrogen and oxygen atoms in total. The summed E-state index contributed by atoms with van der Waals surface area (Å²) in [6, 6.07) is -0.368. The van der Waals surface area contributed by atoms with Gasteiger partial charge in [-0.15, -0.1) is 0 Å². The quantitative estimate of drug-likeness (QED) is 0.0588. The average molecular weight is 524 g/mol. The number of nitro benzene ring substituents is 2. The molecule has 0 radical (unpaired) electrons. The van der Waals surface area contributed by atoms with E-state index in [-0.39, 0.29) is 37.7 Å². The summed E-state index contributed by atoms with van der Waals surface area (Å²) in [6.45, 7) is 0.139. The van der Waals surface area contributed by atoms with Crippen molar-refractivity contribution >= 4 is 40.8 Å². The first-order chi connectivity index (χ1) is 17.4. The Morgan fingerprint density at radius 3 is 2.51 bits per heavy atom. The van der Waals surface area contributed by atoms with Crippen molar-refractivity contribution in [2.75, 3.05) is 25.0 Å². The Kier molecular flexibility index (Phi) is 10.1. The molecular formula is C20H29N9O8. The number of benzene rings is 1. The first kappa shape index (κ1) is 28.7. The average Bonchev–Trinajstić information content (AvgIpc) is 3.33. The van der Waals surface area contributed by atoms with Crippen LogP contribution in [0.2, 0.25) is 0 Å². The van der Waals surface area contributed by atoms with Crippen LogP contribution in [-0.4, -0.2) is 81.4 Å². The van der Waals surface area contributed by atoms with Gasteiger partial charge in [-0.3, -0.25) is 34.8 Å². The molecule has 37 heavy (non-hydrogen) atoms. The van der Waals surface area contributed by atoms with E-state index in [1.807, 2.05) is 0 Å². The van der Waals surface area contributed by atoms with Crippen molar-refractivity contribution in [3.8, 4) is 0 Å². The number of hydrogen-bond acceptors (Lipinski definition) is 10. The normalized spacial score (nSPS) is 16.4. The number of nitrogens with zero attached hydrogens (tertiary/aromatic N) is 4. The summed E-state index contributed by atoms with van der Waals surface area (Å²) in [4.78, 5) is 62.9. The van der Waals surface area contributed by atoms with Crippen molar-refractivity contribution in [2.45, 2.75) is 43.8 Å². The smallest absolute Gasteiger partial charge is 0.326 e. The predicted octanol–water partition coefficient (Wildman–Crippen LogP) is -1.14. The number of nitrogens with one attached hydrogen (secondary N) is 2. The number of carboxylic acids is 1. The predicted molar refractivity (Wildman–Crippen MR) is 130 cm³/mol. The van der Waals surface area contributed by atoms with Crippen molar-refractivity contribution in [3.63, 3.8) is 0 Å². The van der Waals surface area contributed by atoms with Crippen LogP contribution in [0.3, 0.4) is 0 Å². The van der Waals surface area contributed by atoms with Crippen molar-refractivity contribution in [1.82, 2.24) is 10.2 Å². The molecule has 1 aliphatic heterocycles. The second-order valence-corrected chi connectivity index (χ2v) is 8.24. The van der Waals surface area contributed by atoms with E-state index in [0.29, 0.717) is 19.3 Å². The van der Waals surface area contributed by atoms with Crippen molar-refractivity contribution in [2.24, 2.45) is 22.2 Å². The summed E-state index contributed by atoms with van der Waals surface area (Å²) in [5, 5.41) is 36.7. The molecule has 17 heteroatoms. The fourth-order valence-electron chi connectivity index (χ4n) is 3.79. The monoisotopic (exact) mass is 523 g/mol. The third-order valence-electron chi connectivity index (χ3n) is 5.62. The van der Waals surface area contributed by atoms with Crippen molar-refractivity contribution in [3.05, 3.63) is 38.4 Å². The molecule has 0 spiro atoms. The highest BCUT2D eigenvalue weighted by Gasteiger charge is 2.37. The van der Waals surface area contributed by atoms with Crippen molar-refractivity contribution < 1.29 is 29.3 Å². The van der Waals surface area contributed by atoms with Crippen LogP contribution in [0.25, 0.3) is 0 Å². The fraction of sp³-hybridized carbons (Fsp3) is 0.500. The van der Waals surface area contributed by atoms with E-state index in [4.69, 9.17) is 17.2 Å². The molecular weight excluding hydrogens is 494 g/mol. The molecule has 2 amide bonds. The number of hydrogen-bond donors (Lipinski definition) is 6. The molecule has 1 heterocycles. The SMILES string of the molecule is NC(N)=NCCC[C@H](NC(=O)[C@@H]1CCCN1C(=O)C(N)CNc1ccc([N+](=O)[O-])cc1[N+](=O)[O-])C(=O)O. The van der Waals surface area contributed by atoms with E-state index in [1.165, 1.54) is 4.90 Å². The summed E-state index contributed by atoms with van der Waals surface area (Å²) >= 11 is 0. The third kappa shape index (κ3) is 7.99. The van der Waals surface area contributed by atoms with Crippen LogP contribution >= 0.6 is 0 Å². The topological polar surface area (TPSA) is 275 Å². The minimum absolute atomic E-state index is 0.0654. The lowest BCUT2D eigenvalue weighted by atomic mass is 10.1. The number of nitro groups is 2. The molecule has 1 aromatic carbocycles. The number of amides is 2. The lowest BCUT2D eigenvalue weighted by molar-refractivity contribution is -0.393. The number of aliphatic carboxylic acids is 1. The summed E-state index contributed by atoms with van der Waals surface area (Å²) in [5.74, 6) is -2.65. The number of rotatable bonds is 13. The number of carbonyl (C=O) groups is 3. The zero-order valence-electron chi connectivity index (χ0n) is 19.7. The van der Waals surface area contributed by atoms with E-state index in [1.54, 1.807) is 0 Å². The van der Waals surface area contributed by atoms with Gasteiger partial charge in [-0.25, -0.2) is 4.79 Å². The van der Waals surface area contributed by atoms with E-state index in [9.17, 15) is 39.7 Å². The van der Waals surface area contributed by atoms with Gasteiger partial charge in [-0.2, -0.15) is 0 Å². The third-order valence-corrected chi connectivity index (χ3v) is 5.62. The Hall–Kier alpha value is -4.54. The van der Waals surface area contributed by atoms with Gasteiger partial charge in [0.15, 0.2) is 5.96 Å². The van der Waals surface area contributed by atoms with Crippen LogP contribution in [0.4, 0.5) is 17.1 Å². The van der Waals surface area contributed by atoms with Gasteiger partial charge >= 0.3 is 5.97 Å². The Bertz CT molecular complexity index is 1080. The van der Waals surface area contributed by atoms with E-state index >= 15 is 0 Å². The number of aliphatic imine (C=N–C) groups is 1. The van der Waals surface area contributed by atoms with Crippen LogP contribution in [0.5, 0.6) is 0 Å². The number of likely N-dealkylation sites (tertiary alicyclic amines) is 1. The van der Waals surface area contributed by atoms with E-state index in [2.05, 4.69) is 15.6 Å². The van der Waals surface area contributed by atoms with E-state index < -0.39 is 57.1 Å². The molecule has 1 aliphatic rings. The summed E-state index contributed by atoms with van der Waals surface area (Å²) in [5.41, 5.74) is 15.3. The molecule has 2 rings (SSSR count). The first-order valence-corrected chi connectivity index (χ1v) is 11.2. The summed E-state index contributed by atoms with van der Waals surface area (Å²) < 4.78 is 0. The van der Waals surface area contributed by atoms with Crippen LogP contribution in [-0.2, 0) is 14.4 Å². The maximum absolute atomic E-state index is 12.9. The number of non-ortho nitro benzene ring substituents is 1. The molecule has 202 valence electrons. The highest BCUT2D eigenvalue weighted by molar-refractivity contribution is 5.92. The van der Waals surface area contributed by atoms with E-state index in [0.717, 1.165) is 18.2 Å². The number of anilines is 1. The molecule has 1 fully saturated rings. The standard InChI is InChI=1S/C20H29N9O8/c21-12(10-25-13-6-5-11(28(34)35)9-16(13)29(36)37)18(31)27-8-2-4-15(27)17(30)26-14(19(32)33)3-1-7-24-20(22)23/h5-6,9,12,14-15,25H,1-4,7-8,10,21H2,(H,26,30)(H,32,33)(H4,22,23,24)/t12?,14-,15-/m0/s1. The lowest BCUT2D eigenvalue weighted by Crippen LogP contribution is -2.55. The van der Waals surface area contributed by atoms with Gasteiger partial charge in [0.2, 0.25) is 11.8 Å². The van der Waals surface area contributed by atoms with Gasteiger partial charge in [0.25, 0.3) is 11.4 Å². The zero-order valence-corrected chi connectivity index (χ0v) is 19.7. The molecule has 0 aliphatic carbocycles. The maximum atomic E-state index is 12.9. The van der Waals surface area contributed by atoms with Gasteiger partial charge in [0.05, 0.1) is 15.9 Å². The van der Waals surface area contributed by atoms with Crippen LogP contribution in [0.1, 0.15) is 25.7 Å². The molecule has 1 aromatic rings. The van der Waals surface area contributed by atoms with Gasteiger partial charge in [-0.1, -0.05) is 0 Å². The van der Waals surface area contributed by atoms with Crippen molar-refractivity contribution in [1.29, 1.82) is 0 Å². The summed E-state index contributed by atoms with van der Waals surface area (Å²) in [7, 11) is 0. The molecule has 0 saturated carbocycles. The van der Waals surface area contributed by atoms with Gasteiger partial charge < -0.3 is 37.8 Å². The first-order valence-electron chi connectivity index (χ1n) is 11.2. The Labute approximate surface area is 210 Å². The summed E-state index contributed by atoms with van der Waals surface area (Å²) in [6.07, 6.45) is 1.15. The molecule has 0 aromatic heterocycles. The fourth-order valence-corrected chi connectivity index (χ4v) is 3.79. The highest BCUT2D eigenvalue weighted by Crippen LogP contribution is 2.29. The molecule has 1 unspecified atom stereocenters. The van der Waals surface area contributed by atoms with Crippen LogP contribution in [0, 0.1) is 20.2 Å². The molecule has 1 saturated heterocycles. The number of carbonyl (C=O) groups excluding carboxylic acids is 2. The largest absolute Gasteiger partial charge is 0.480 e. The molecule has 9 N–H and O–H groups in total. The number of nitrogens with two attached hydrogens (primary N) is 3. The Morgan fingerprint density at radius 2 is 1.92 bits per heavy atom. The maximum Gasteiger partial charge on any atom is 0.326 e. The second-order valence-electron chi connectivity index (χ2n) is 8.24. The highest BCUT2D eigenvalue weighted by atomic mass is 16.6. The van der Waals surface area contributed by atoms with Gasteiger partial charge in [0, 0.05) is 25.7 Å². The molecule has 0 bridgehead atoms. The van der Waals surface area contributed by atoms with Gasteiger partial charge in [-0.05, 0) is 31.7 Å². The second kappa shape index (κ2) is 13.0. The molecule has 3 atom stereocenters. The number of guanidine groups is 1.